The van der Waals surface area contributed by atoms with Crippen LogP contribution in [0.25, 0.3) is 0 Å². The zero-order chi connectivity index (χ0) is 22.1. The van der Waals surface area contributed by atoms with E-state index in [4.69, 9.17) is 13.8 Å². The third-order valence-electron chi connectivity index (χ3n) is 5.30. The van der Waals surface area contributed by atoms with Gasteiger partial charge in [-0.3, -0.25) is 4.79 Å². The molecule has 7 heteroatoms. The Hall–Kier alpha value is -0.260. The number of ether oxygens (including phenoxy) is 1. The van der Waals surface area contributed by atoms with Crippen molar-refractivity contribution in [3.05, 3.63) is 0 Å². The van der Waals surface area contributed by atoms with Crippen LogP contribution in [0.2, 0.25) is 0 Å². The Kier molecular flexibility index (Phi) is 24.8. The number of carbonyl (C=O) groups excluding carboxylic acids is 1. The number of carbonyl (C=O) groups is 1. The lowest BCUT2D eigenvalue weighted by molar-refractivity contribution is -0.135. The number of likely N-dealkylation sites (N-methyl/N-ethyl adjacent to an activating group) is 1. The average molecular weight is 450 g/mol. The van der Waals surface area contributed by atoms with Gasteiger partial charge in [-0.1, -0.05) is 96.8 Å². The summed E-state index contributed by atoms with van der Waals surface area (Å²) < 4.78 is 15.5. The van der Waals surface area contributed by atoms with Crippen LogP contribution in [0, 0.1) is 0 Å². The van der Waals surface area contributed by atoms with Crippen molar-refractivity contribution in [2.45, 2.75) is 116 Å². The minimum Gasteiger partial charge on any atom is -0.462 e. The summed E-state index contributed by atoms with van der Waals surface area (Å²) in [6.07, 6.45) is 20.4. The third-order valence-corrected chi connectivity index (χ3v) is 6.08. The van der Waals surface area contributed by atoms with Crippen molar-refractivity contribution in [3.8, 4) is 0 Å². The standard InChI is InChI=1S/C23H48NO5P/c1-3-4-5-6-7-8-9-10-11-12-13-14-15-16-17-18-23(27-22-25)21-29-30(26)28-20-19-24-2/h22-24,26H,3-21H2,1-2H3. The number of nitrogens with one attached hydrogen (secondary N) is 1. The second-order valence-corrected chi connectivity index (χ2v) is 9.06. The van der Waals surface area contributed by atoms with Gasteiger partial charge < -0.3 is 24.0 Å². The highest BCUT2D eigenvalue weighted by Crippen LogP contribution is 2.32. The molecule has 0 saturated carbocycles. The molecule has 0 saturated heterocycles. The molecular formula is C23H48NO5P. The van der Waals surface area contributed by atoms with Crippen molar-refractivity contribution in [1.82, 2.24) is 5.32 Å². The summed E-state index contributed by atoms with van der Waals surface area (Å²) in [5.41, 5.74) is 0. The quantitative estimate of drug-likeness (QED) is 0.0973. The van der Waals surface area contributed by atoms with Crippen molar-refractivity contribution in [3.63, 3.8) is 0 Å². The predicted octanol–water partition coefficient (Wildman–Crippen LogP) is 6.26. The van der Waals surface area contributed by atoms with Crippen LogP contribution in [0.1, 0.15) is 110 Å². The Morgan fingerprint density at radius 3 is 1.80 bits per heavy atom. The molecule has 0 fully saturated rings. The minimum atomic E-state index is -1.91. The first-order chi connectivity index (χ1) is 14.7. The molecule has 0 aliphatic heterocycles. The fourth-order valence-corrected chi connectivity index (χ4v) is 4.04. The molecular weight excluding hydrogens is 401 g/mol. The van der Waals surface area contributed by atoms with Gasteiger partial charge in [0.2, 0.25) is 0 Å². The highest BCUT2D eigenvalue weighted by molar-refractivity contribution is 7.40. The molecule has 0 spiro atoms. The van der Waals surface area contributed by atoms with Crippen LogP contribution in [-0.4, -0.2) is 44.3 Å². The maximum atomic E-state index is 10.7. The second kappa shape index (κ2) is 25.0. The van der Waals surface area contributed by atoms with Crippen LogP contribution in [0.4, 0.5) is 0 Å². The van der Waals surface area contributed by atoms with E-state index in [0.717, 1.165) is 19.3 Å². The molecule has 0 aromatic carbocycles. The van der Waals surface area contributed by atoms with Crippen molar-refractivity contribution < 1.29 is 23.5 Å². The Morgan fingerprint density at radius 2 is 1.33 bits per heavy atom. The van der Waals surface area contributed by atoms with Crippen molar-refractivity contribution in [2.75, 3.05) is 26.8 Å². The second-order valence-electron chi connectivity index (χ2n) is 8.06. The first kappa shape index (κ1) is 29.7. The summed E-state index contributed by atoms with van der Waals surface area (Å²) in [6.45, 7) is 3.94. The number of rotatable bonds is 25. The monoisotopic (exact) mass is 449 g/mol. The number of hydrogen-bond donors (Lipinski definition) is 2. The Labute approximate surface area is 186 Å². The van der Waals surface area contributed by atoms with Gasteiger partial charge in [-0.2, -0.15) is 0 Å². The lowest BCUT2D eigenvalue weighted by Crippen LogP contribution is -2.19. The molecule has 0 aliphatic carbocycles. The van der Waals surface area contributed by atoms with Gasteiger partial charge in [-0.15, -0.1) is 0 Å². The van der Waals surface area contributed by atoms with Gasteiger partial charge in [0.05, 0.1) is 13.2 Å². The average Bonchev–Trinajstić information content (AvgIpc) is 2.74. The van der Waals surface area contributed by atoms with E-state index in [-0.39, 0.29) is 12.7 Å². The Morgan fingerprint density at radius 1 is 0.833 bits per heavy atom. The highest BCUT2D eigenvalue weighted by Gasteiger charge is 2.14. The van der Waals surface area contributed by atoms with Gasteiger partial charge in [-0.05, 0) is 19.9 Å². The molecule has 2 unspecified atom stereocenters. The van der Waals surface area contributed by atoms with Crippen LogP contribution in [-0.2, 0) is 18.6 Å². The van der Waals surface area contributed by atoms with Gasteiger partial charge >= 0.3 is 8.60 Å². The fourth-order valence-electron chi connectivity index (χ4n) is 3.42. The van der Waals surface area contributed by atoms with Crippen LogP contribution in [0.5, 0.6) is 0 Å². The molecule has 6 nitrogen and oxygen atoms in total. The molecule has 0 amide bonds. The maximum Gasteiger partial charge on any atom is 0.330 e. The summed E-state index contributed by atoms with van der Waals surface area (Å²) in [5.74, 6) is 0. The number of hydrogen-bond acceptors (Lipinski definition) is 6. The molecule has 0 radical (unpaired) electrons. The van der Waals surface area contributed by atoms with Crippen molar-refractivity contribution in [2.24, 2.45) is 0 Å². The summed E-state index contributed by atoms with van der Waals surface area (Å²) in [6, 6.07) is 0. The van der Waals surface area contributed by atoms with E-state index < -0.39 is 8.60 Å². The normalized spacial score (nSPS) is 13.3. The van der Waals surface area contributed by atoms with Gasteiger partial charge in [0, 0.05) is 6.54 Å². The van der Waals surface area contributed by atoms with Crippen molar-refractivity contribution in [1.29, 1.82) is 0 Å². The van der Waals surface area contributed by atoms with E-state index in [0.29, 0.717) is 19.6 Å². The van der Waals surface area contributed by atoms with Gasteiger partial charge in [0.25, 0.3) is 6.47 Å². The van der Waals surface area contributed by atoms with Gasteiger partial charge in [0.1, 0.15) is 6.10 Å². The van der Waals surface area contributed by atoms with E-state index in [1.165, 1.54) is 83.5 Å². The molecule has 2 atom stereocenters. The molecule has 180 valence electrons. The molecule has 0 aromatic heterocycles. The molecule has 0 aliphatic rings. The third kappa shape index (κ3) is 22.4. The zero-order valence-corrected chi connectivity index (χ0v) is 20.5. The highest BCUT2D eigenvalue weighted by atomic mass is 31.2. The molecule has 2 N–H and O–H groups in total. The van der Waals surface area contributed by atoms with E-state index in [2.05, 4.69) is 12.2 Å². The van der Waals surface area contributed by atoms with E-state index in [1.54, 1.807) is 0 Å². The zero-order valence-electron chi connectivity index (χ0n) is 19.6. The van der Waals surface area contributed by atoms with E-state index in [9.17, 15) is 9.69 Å². The lowest BCUT2D eigenvalue weighted by atomic mass is 10.0. The molecule has 0 aromatic rings. The van der Waals surface area contributed by atoms with Gasteiger partial charge in [0.15, 0.2) is 0 Å². The summed E-state index contributed by atoms with van der Waals surface area (Å²) in [4.78, 5) is 20.3. The van der Waals surface area contributed by atoms with Crippen molar-refractivity contribution >= 4 is 15.1 Å². The maximum absolute atomic E-state index is 10.7. The van der Waals surface area contributed by atoms with Gasteiger partial charge in [-0.25, -0.2) is 0 Å². The molecule has 0 rings (SSSR count). The first-order valence-corrected chi connectivity index (χ1v) is 13.4. The largest absolute Gasteiger partial charge is 0.462 e. The van der Waals surface area contributed by atoms with E-state index >= 15 is 0 Å². The molecule has 0 bridgehead atoms. The van der Waals surface area contributed by atoms with Crippen LogP contribution in [0.15, 0.2) is 0 Å². The Balaban J connectivity index is 3.45. The summed E-state index contributed by atoms with van der Waals surface area (Å²) >= 11 is 0. The van der Waals surface area contributed by atoms with Crippen LogP contribution in [0.3, 0.4) is 0 Å². The smallest absolute Gasteiger partial charge is 0.330 e. The molecule has 30 heavy (non-hydrogen) atoms. The van der Waals surface area contributed by atoms with Crippen LogP contribution < -0.4 is 5.32 Å². The Bertz CT molecular complexity index is 350. The summed E-state index contributed by atoms with van der Waals surface area (Å²) in [5, 5.41) is 2.93. The van der Waals surface area contributed by atoms with E-state index in [1.807, 2.05) is 7.05 Å². The topological polar surface area (TPSA) is 77.0 Å². The fraction of sp³-hybridized carbons (Fsp3) is 0.957. The van der Waals surface area contributed by atoms with Crippen LogP contribution >= 0.6 is 8.60 Å². The SMILES string of the molecule is CCCCCCCCCCCCCCCCCC(COP(O)OCCNC)OC=O. The lowest BCUT2D eigenvalue weighted by Gasteiger charge is -2.17. The predicted molar refractivity (Wildman–Crippen MR) is 125 cm³/mol. The number of unbranched alkanes of at least 4 members (excludes halogenated alkanes) is 14. The minimum absolute atomic E-state index is 0.180. The summed E-state index contributed by atoms with van der Waals surface area (Å²) in [7, 11) is -0.0953. The first-order valence-electron chi connectivity index (χ1n) is 12.2. The molecule has 0 heterocycles.